The SMILES string of the molecule is CCc1nn(CCCN2CCN(c3cccc(Cl)c3)CC2)c(=O)n1CCOc1ccccc1.Fc1ccc([C@@H]2CCNC[C@H]2COc2ccc3c(c2)OCO3)cc1. The van der Waals surface area contributed by atoms with E-state index in [0.717, 1.165) is 98.9 Å². The number of benzene rings is 4. The first-order valence-corrected chi connectivity index (χ1v) is 20.4. The molecule has 0 radical (unpaired) electrons. The minimum absolute atomic E-state index is 0.0470. The fraction of sp³-hybridized carbons (Fsp3) is 0.409. The van der Waals surface area contributed by atoms with Crippen molar-refractivity contribution in [2.75, 3.05) is 70.7 Å². The van der Waals surface area contributed by atoms with Gasteiger partial charge in [0, 0.05) is 74.9 Å². The predicted octanol–water partition coefficient (Wildman–Crippen LogP) is 6.88. The first kappa shape index (κ1) is 40.2. The highest BCUT2D eigenvalue weighted by atomic mass is 35.5. The van der Waals surface area contributed by atoms with E-state index in [1.165, 1.54) is 23.4 Å². The molecule has 2 saturated heterocycles. The van der Waals surface area contributed by atoms with Gasteiger partial charge in [-0.3, -0.25) is 9.47 Å². The number of halogens is 2. The number of nitrogens with zero attached hydrogens (tertiary/aromatic N) is 5. The van der Waals surface area contributed by atoms with Gasteiger partial charge in [0.05, 0.1) is 13.2 Å². The number of rotatable bonds is 14. The molecule has 0 saturated carbocycles. The topological polar surface area (TPSA) is 95.3 Å². The minimum atomic E-state index is -0.194. The number of anilines is 1. The molecule has 11 nitrogen and oxygen atoms in total. The van der Waals surface area contributed by atoms with Crippen molar-refractivity contribution >= 4 is 17.3 Å². The fourth-order valence-corrected chi connectivity index (χ4v) is 7.84. The predicted molar refractivity (Wildman–Crippen MR) is 221 cm³/mol. The Morgan fingerprint density at radius 2 is 1.67 bits per heavy atom. The van der Waals surface area contributed by atoms with E-state index in [-0.39, 0.29) is 18.3 Å². The molecule has 0 amide bonds. The molecule has 57 heavy (non-hydrogen) atoms. The summed E-state index contributed by atoms with van der Waals surface area (Å²) >= 11 is 6.13. The third-order valence-electron chi connectivity index (χ3n) is 10.7. The van der Waals surface area contributed by atoms with Gasteiger partial charge in [0.25, 0.3) is 0 Å². The van der Waals surface area contributed by atoms with Gasteiger partial charge in [0.15, 0.2) is 11.5 Å². The number of hydrogen-bond acceptors (Lipinski definition) is 9. The van der Waals surface area contributed by atoms with Crippen molar-refractivity contribution in [2.24, 2.45) is 5.92 Å². The number of piperidine rings is 1. The van der Waals surface area contributed by atoms with E-state index in [0.29, 0.717) is 38.1 Å². The number of hydrogen-bond donors (Lipinski definition) is 1. The van der Waals surface area contributed by atoms with Crippen LogP contribution in [-0.4, -0.2) is 85.1 Å². The number of fused-ring (bicyclic) bond motifs is 1. The maximum atomic E-state index is 13.2. The van der Waals surface area contributed by atoms with Gasteiger partial charge in [-0.15, -0.1) is 0 Å². The Labute approximate surface area is 338 Å². The summed E-state index contributed by atoms with van der Waals surface area (Å²) in [6.45, 7) is 11.3. The number of piperazine rings is 1. The lowest BCUT2D eigenvalue weighted by atomic mass is 9.81. The summed E-state index contributed by atoms with van der Waals surface area (Å²) in [5.41, 5.74) is 2.31. The van der Waals surface area contributed by atoms with Gasteiger partial charge in [0.1, 0.15) is 29.7 Å². The highest BCUT2D eigenvalue weighted by Crippen LogP contribution is 2.36. The third-order valence-corrected chi connectivity index (χ3v) is 11.0. The largest absolute Gasteiger partial charge is 0.493 e. The summed E-state index contributed by atoms with van der Waals surface area (Å²) in [4.78, 5) is 17.7. The summed E-state index contributed by atoms with van der Waals surface area (Å²) in [5, 5.41) is 8.77. The molecule has 13 heteroatoms. The lowest BCUT2D eigenvalue weighted by Gasteiger charge is -2.36. The van der Waals surface area contributed by atoms with Crippen LogP contribution in [0.15, 0.2) is 102 Å². The van der Waals surface area contributed by atoms with Crippen LogP contribution >= 0.6 is 11.6 Å². The molecule has 1 N–H and O–H groups in total. The molecule has 0 aliphatic carbocycles. The molecular formula is C44H52ClFN6O5. The first-order valence-electron chi connectivity index (χ1n) is 20.0. The summed E-state index contributed by atoms with van der Waals surface area (Å²) in [6, 6.07) is 30.2. The van der Waals surface area contributed by atoms with E-state index in [1.807, 2.05) is 85.8 Å². The zero-order chi connectivity index (χ0) is 39.4. The molecule has 8 rings (SSSR count). The van der Waals surface area contributed by atoms with Gasteiger partial charge >= 0.3 is 5.69 Å². The lowest BCUT2D eigenvalue weighted by molar-refractivity contribution is 0.173. The highest BCUT2D eigenvalue weighted by Gasteiger charge is 2.27. The van der Waals surface area contributed by atoms with E-state index in [4.69, 9.17) is 30.5 Å². The second-order valence-electron chi connectivity index (χ2n) is 14.5. The van der Waals surface area contributed by atoms with E-state index < -0.39 is 0 Å². The zero-order valence-corrected chi connectivity index (χ0v) is 33.3. The van der Waals surface area contributed by atoms with Crippen LogP contribution in [0.1, 0.15) is 37.1 Å². The number of nitrogens with one attached hydrogen (secondary N) is 1. The molecular weight excluding hydrogens is 747 g/mol. The van der Waals surface area contributed by atoms with Crippen LogP contribution in [0.2, 0.25) is 5.02 Å². The molecule has 3 aliphatic rings. The third kappa shape index (κ3) is 10.9. The maximum absolute atomic E-state index is 13.2. The van der Waals surface area contributed by atoms with Crippen molar-refractivity contribution in [1.82, 2.24) is 24.6 Å². The number of para-hydroxylation sites is 1. The van der Waals surface area contributed by atoms with Crippen molar-refractivity contribution in [2.45, 2.75) is 45.2 Å². The van der Waals surface area contributed by atoms with Gasteiger partial charge in [-0.2, -0.15) is 5.10 Å². The molecule has 0 bridgehead atoms. The maximum Gasteiger partial charge on any atom is 0.346 e. The quantitative estimate of drug-likeness (QED) is 0.129. The van der Waals surface area contributed by atoms with E-state index in [2.05, 4.69) is 26.3 Å². The fourth-order valence-electron chi connectivity index (χ4n) is 7.65. The summed E-state index contributed by atoms with van der Waals surface area (Å²) in [5.74, 6) is 4.41. The average Bonchev–Trinajstić information content (AvgIpc) is 3.84. The molecule has 302 valence electrons. The monoisotopic (exact) mass is 798 g/mol. The van der Waals surface area contributed by atoms with Crippen LogP contribution in [0, 0.1) is 11.7 Å². The normalized spacial score (nSPS) is 17.8. The molecule has 0 spiro atoms. The van der Waals surface area contributed by atoms with E-state index in [9.17, 15) is 9.18 Å². The smallest absolute Gasteiger partial charge is 0.346 e. The molecule has 3 aliphatic heterocycles. The van der Waals surface area contributed by atoms with Crippen molar-refractivity contribution in [1.29, 1.82) is 0 Å². The molecule has 2 fully saturated rings. The number of aryl methyl sites for hydroxylation is 2. The Hall–Kier alpha value is -5.04. The standard InChI is InChI=1S/C25H32ClN5O2.C19H20FNO3/c1-2-24-27-31(25(32)30(24)18-19-33-23-10-4-3-5-11-23)13-7-12-28-14-16-29(17-15-28)22-9-6-8-21(26)20-22;20-15-3-1-13(2-4-15)17-7-8-21-10-14(17)11-22-16-5-6-18-19(9-16)24-12-23-18/h3-6,8-11,20H,2,7,12-19H2,1H3;1-6,9,14,17,21H,7-8,10-12H2/t;14-,17-/m.0/s1. The van der Waals surface area contributed by atoms with Crippen LogP contribution in [-0.2, 0) is 19.5 Å². The molecule has 4 aromatic carbocycles. The van der Waals surface area contributed by atoms with Crippen LogP contribution in [0.4, 0.5) is 10.1 Å². The lowest BCUT2D eigenvalue weighted by Crippen LogP contribution is -2.46. The zero-order valence-electron chi connectivity index (χ0n) is 32.5. The van der Waals surface area contributed by atoms with Crippen molar-refractivity contribution in [3.8, 4) is 23.0 Å². The molecule has 0 unspecified atom stereocenters. The molecule has 5 aromatic rings. The van der Waals surface area contributed by atoms with Crippen LogP contribution in [0.25, 0.3) is 0 Å². The molecule has 1 aromatic heterocycles. The second-order valence-corrected chi connectivity index (χ2v) is 14.9. The molecule has 2 atom stereocenters. The van der Waals surface area contributed by atoms with Crippen LogP contribution in [0.3, 0.4) is 0 Å². The van der Waals surface area contributed by atoms with E-state index >= 15 is 0 Å². The second kappa shape index (κ2) is 19.9. The number of ether oxygens (including phenoxy) is 4. The van der Waals surface area contributed by atoms with Gasteiger partial charge in [0.2, 0.25) is 6.79 Å². The first-order chi connectivity index (χ1) is 27.9. The van der Waals surface area contributed by atoms with Gasteiger partial charge in [-0.05, 0) is 85.5 Å². The van der Waals surface area contributed by atoms with Crippen molar-refractivity contribution < 1.29 is 23.3 Å². The highest BCUT2D eigenvalue weighted by molar-refractivity contribution is 6.30. The Morgan fingerprint density at radius 3 is 2.46 bits per heavy atom. The van der Waals surface area contributed by atoms with Crippen molar-refractivity contribution in [3.63, 3.8) is 0 Å². The van der Waals surface area contributed by atoms with Gasteiger partial charge < -0.3 is 29.2 Å². The Morgan fingerprint density at radius 1 is 0.860 bits per heavy atom. The number of aromatic nitrogens is 3. The average molecular weight is 799 g/mol. The minimum Gasteiger partial charge on any atom is -0.493 e. The van der Waals surface area contributed by atoms with E-state index in [1.54, 1.807) is 9.25 Å². The molecule has 4 heterocycles. The Balaban J connectivity index is 0.000000183. The Kier molecular flexibility index (Phi) is 14.0. The summed E-state index contributed by atoms with van der Waals surface area (Å²) in [6.07, 6.45) is 2.65. The summed E-state index contributed by atoms with van der Waals surface area (Å²) < 4.78 is 39.0. The van der Waals surface area contributed by atoms with Crippen molar-refractivity contribution in [3.05, 3.63) is 130 Å². The summed E-state index contributed by atoms with van der Waals surface area (Å²) in [7, 11) is 0. The van der Waals surface area contributed by atoms with Crippen LogP contribution < -0.4 is 34.9 Å². The van der Waals surface area contributed by atoms with Gasteiger partial charge in [-0.1, -0.05) is 54.9 Å². The Bertz CT molecular complexity index is 2070. The van der Waals surface area contributed by atoms with Crippen LogP contribution in [0.5, 0.6) is 23.0 Å². The van der Waals surface area contributed by atoms with Gasteiger partial charge in [-0.25, -0.2) is 13.9 Å².